The van der Waals surface area contributed by atoms with E-state index in [0.29, 0.717) is 0 Å². The Balaban J connectivity index is 1.81. The first-order chi connectivity index (χ1) is 10.8. The summed E-state index contributed by atoms with van der Waals surface area (Å²) < 4.78 is 0. The Morgan fingerprint density at radius 1 is 0.864 bits per heavy atom. The highest BCUT2D eigenvalue weighted by Crippen LogP contribution is 2.22. The summed E-state index contributed by atoms with van der Waals surface area (Å²) in [7, 11) is 0. The van der Waals surface area contributed by atoms with Crippen molar-refractivity contribution in [2.24, 2.45) is 0 Å². The standard InChI is InChI=1S/C21H20S/c1-2-16(14-20-9-5-6-10-21(20)22)13-17-11-12-18-7-3-4-8-19(18)15-17/h2-12,15,22H,13-14H2,1H3/b16-2-. The SMILES string of the molecule is C/C=C(/Cc1ccc2ccccc2c1)Cc1ccccc1S. The van der Waals surface area contributed by atoms with Crippen LogP contribution < -0.4 is 0 Å². The molecule has 0 amide bonds. The Kier molecular flexibility index (Phi) is 4.65. The van der Waals surface area contributed by atoms with Crippen LogP contribution in [0.5, 0.6) is 0 Å². The summed E-state index contributed by atoms with van der Waals surface area (Å²) in [6, 6.07) is 23.6. The Labute approximate surface area is 137 Å². The van der Waals surface area contributed by atoms with Gasteiger partial charge in [-0.1, -0.05) is 72.3 Å². The quantitative estimate of drug-likeness (QED) is 0.453. The molecule has 0 nitrogen and oxygen atoms in total. The van der Waals surface area contributed by atoms with Gasteiger partial charge < -0.3 is 0 Å². The van der Waals surface area contributed by atoms with Crippen LogP contribution in [-0.4, -0.2) is 0 Å². The van der Waals surface area contributed by atoms with Crippen LogP contribution in [0, 0.1) is 0 Å². The zero-order valence-electron chi connectivity index (χ0n) is 12.8. The van der Waals surface area contributed by atoms with E-state index in [1.54, 1.807) is 0 Å². The monoisotopic (exact) mass is 304 g/mol. The number of thiol groups is 1. The number of hydrogen-bond donors (Lipinski definition) is 1. The molecule has 0 N–H and O–H groups in total. The van der Waals surface area contributed by atoms with Crippen molar-refractivity contribution in [2.45, 2.75) is 24.7 Å². The van der Waals surface area contributed by atoms with E-state index in [9.17, 15) is 0 Å². The molecule has 0 aromatic heterocycles. The summed E-state index contributed by atoms with van der Waals surface area (Å²) in [5.74, 6) is 0. The lowest BCUT2D eigenvalue weighted by atomic mass is 9.96. The van der Waals surface area contributed by atoms with Crippen LogP contribution in [0.15, 0.2) is 83.3 Å². The molecule has 0 saturated carbocycles. The molecule has 0 aliphatic carbocycles. The van der Waals surface area contributed by atoms with Gasteiger partial charge >= 0.3 is 0 Å². The van der Waals surface area contributed by atoms with E-state index >= 15 is 0 Å². The molecule has 22 heavy (non-hydrogen) atoms. The van der Waals surface area contributed by atoms with Crippen molar-refractivity contribution in [3.05, 3.63) is 89.5 Å². The van der Waals surface area contributed by atoms with Crippen molar-refractivity contribution in [1.82, 2.24) is 0 Å². The highest BCUT2D eigenvalue weighted by molar-refractivity contribution is 7.80. The first-order valence-corrected chi connectivity index (χ1v) is 8.09. The zero-order valence-corrected chi connectivity index (χ0v) is 13.7. The highest BCUT2D eigenvalue weighted by atomic mass is 32.1. The summed E-state index contributed by atoms with van der Waals surface area (Å²) in [6.07, 6.45) is 4.18. The minimum atomic E-state index is 0.961. The fourth-order valence-corrected chi connectivity index (χ4v) is 3.02. The van der Waals surface area contributed by atoms with E-state index in [0.717, 1.165) is 17.7 Å². The predicted octanol–water partition coefficient (Wildman–Crippen LogP) is 5.86. The number of benzene rings is 3. The molecule has 3 aromatic rings. The second-order valence-electron chi connectivity index (χ2n) is 5.61. The molecule has 0 heterocycles. The third kappa shape index (κ3) is 3.42. The predicted molar refractivity (Wildman–Crippen MR) is 98.8 cm³/mol. The first-order valence-electron chi connectivity index (χ1n) is 7.65. The van der Waals surface area contributed by atoms with Crippen molar-refractivity contribution in [3.63, 3.8) is 0 Å². The summed E-state index contributed by atoms with van der Waals surface area (Å²) >= 11 is 4.56. The van der Waals surface area contributed by atoms with Crippen molar-refractivity contribution >= 4 is 23.4 Å². The fraction of sp³-hybridized carbons (Fsp3) is 0.143. The minimum Gasteiger partial charge on any atom is -0.143 e. The van der Waals surface area contributed by atoms with E-state index in [2.05, 4.69) is 86.3 Å². The van der Waals surface area contributed by atoms with E-state index in [1.807, 2.05) is 6.07 Å². The van der Waals surface area contributed by atoms with Crippen molar-refractivity contribution < 1.29 is 0 Å². The molecule has 0 radical (unpaired) electrons. The van der Waals surface area contributed by atoms with Crippen LogP contribution in [-0.2, 0) is 12.8 Å². The van der Waals surface area contributed by atoms with Gasteiger partial charge in [0.1, 0.15) is 0 Å². The number of fused-ring (bicyclic) bond motifs is 1. The lowest BCUT2D eigenvalue weighted by molar-refractivity contribution is 1.01. The average molecular weight is 304 g/mol. The van der Waals surface area contributed by atoms with E-state index in [-0.39, 0.29) is 0 Å². The molecule has 0 spiro atoms. The maximum absolute atomic E-state index is 4.56. The highest BCUT2D eigenvalue weighted by Gasteiger charge is 2.04. The van der Waals surface area contributed by atoms with Crippen LogP contribution in [0.3, 0.4) is 0 Å². The molecular weight excluding hydrogens is 284 g/mol. The average Bonchev–Trinajstić information content (AvgIpc) is 2.56. The molecule has 0 aliphatic heterocycles. The summed E-state index contributed by atoms with van der Waals surface area (Å²) in [5, 5.41) is 2.61. The van der Waals surface area contributed by atoms with Gasteiger partial charge in [-0.05, 0) is 47.7 Å². The second kappa shape index (κ2) is 6.85. The Morgan fingerprint density at radius 2 is 1.59 bits per heavy atom. The lowest BCUT2D eigenvalue weighted by Crippen LogP contribution is -1.96. The third-order valence-corrected chi connectivity index (χ3v) is 4.50. The molecule has 0 aliphatic rings. The Morgan fingerprint density at radius 3 is 2.36 bits per heavy atom. The van der Waals surface area contributed by atoms with Gasteiger partial charge in [0.2, 0.25) is 0 Å². The summed E-state index contributed by atoms with van der Waals surface area (Å²) in [6.45, 7) is 2.12. The van der Waals surface area contributed by atoms with Crippen molar-refractivity contribution in [2.75, 3.05) is 0 Å². The van der Waals surface area contributed by atoms with Gasteiger partial charge in [-0.25, -0.2) is 0 Å². The maximum Gasteiger partial charge on any atom is 0.00752 e. The molecule has 1 heteroatoms. The van der Waals surface area contributed by atoms with Gasteiger partial charge in [-0.2, -0.15) is 0 Å². The van der Waals surface area contributed by atoms with Crippen molar-refractivity contribution in [3.8, 4) is 0 Å². The molecule has 0 atom stereocenters. The maximum atomic E-state index is 4.56. The van der Waals surface area contributed by atoms with Gasteiger partial charge in [0.25, 0.3) is 0 Å². The van der Waals surface area contributed by atoms with Crippen LogP contribution in [0.1, 0.15) is 18.1 Å². The van der Waals surface area contributed by atoms with E-state index < -0.39 is 0 Å². The second-order valence-corrected chi connectivity index (χ2v) is 6.09. The number of allylic oxidation sites excluding steroid dienone is 2. The molecule has 0 bridgehead atoms. The van der Waals surface area contributed by atoms with Gasteiger partial charge in [0.05, 0.1) is 0 Å². The molecule has 3 rings (SSSR count). The van der Waals surface area contributed by atoms with Gasteiger partial charge in [-0.15, -0.1) is 12.6 Å². The smallest absolute Gasteiger partial charge is 0.00752 e. The lowest BCUT2D eigenvalue weighted by Gasteiger charge is -2.10. The minimum absolute atomic E-state index is 0.961. The first kappa shape index (κ1) is 14.9. The summed E-state index contributed by atoms with van der Waals surface area (Å²) in [4.78, 5) is 1.07. The van der Waals surface area contributed by atoms with Crippen LogP contribution in [0.4, 0.5) is 0 Å². The molecule has 3 aromatic carbocycles. The topological polar surface area (TPSA) is 0 Å². The van der Waals surface area contributed by atoms with Crippen molar-refractivity contribution in [1.29, 1.82) is 0 Å². The van der Waals surface area contributed by atoms with E-state index in [1.165, 1.54) is 27.5 Å². The molecule has 110 valence electrons. The van der Waals surface area contributed by atoms with Crippen LogP contribution in [0.25, 0.3) is 10.8 Å². The van der Waals surface area contributed by atoms with Crippen LogP contribution >= 0.6 is 12.6 Å². The van der Waals surface area contributed by atoms with Gasteiger partial charge in [-0.3, -0.25) is 0 Å². The molecule has 0 fully saturated rings. The third-order valence-electron chi connectivity index (χ3n) is 4.06. The zero-order chi connectivity index (χ0) is 15.4. The summed E-state index contributed by atoms with van der Waals surface area (Å²) in [5.41, 5.74) is 4.08. The number of rotatable bonds is 4. The Bertz CT molecular complexity index is 815. The largest absolute Gasteiger partial charge is 0.143 e. The van der Waals surface area contributed by atoms with Gasteiger partial charge in [0, 0.05) is 4.90 Å². The number of hydrogen-bond acceptors (Lipinski definition) is 1. The fourth-order valence-electron chi connectivity index (χ4n) is 2.78. The molecule has 0 saturated heterocycles. The molecular formula is C21H20S. The van der Waals surface area contributed by atoms with E-state index in [4.69, 9.17) is 0 Å². The normalized spacial score (nSPS) is 11.8. The van der Waals surface area contributed by atoms with Gasteiger partial charge in [0.15, 0.2) is 0 Å². The molecule has 0 unspecified atom stereocenters. The van der Waals surface area contributed by atoms with Crippen LogP contribution in [0.2, 0.25) is 0 Å². The Hall–Kier alpha value is -1.99.